The Labute approximate surface area is 213 Å². The van der Waals surface area contributed by atoms with Gasteiger partial charge in [-0.3, -0.25) is 19.2 Å². The van der Waals surface area contributed by atoms with E-state index in [1.165, 1.54) is 0 Å². The van der Waals surface area contributed by atoms with Crippen LogP contribution in [0.15, 0.2) is 84.9 Å². The first kappa shape index (κ1) is 26.9. The third-order valence-corrected chi connectivity index (χ3v) is 5.96. The lowest BCUT2D eigenvalue weighted by Crippen LogP contribution is -2.49. The lowest BCUT2D eigenvalue weighted by molar-refractivity contribution is -0.174. The molecule has 4 rings (SSSR count). The van der Waals surface area contributed by atoms with E-state index in [-0.39, 0.29) is 6.42 Å². The molecule has 0 saturated heterocycles. The van der Waals surface area contributed by atoms with Gasteiger partial charge in [-0.1, -0.05) is 60.7 Å². The number of hydrogen-bond donors (Lipinski definition) is 3. The second-order valence-electron chi connectivity index (χ2n) is 8.54. The summed E-state index contributed by atoms with van der Waals surface area (Å²) in [5, 5.41) is 25.5. The molecule has 192 valence electrons. The largest absolute Gasteiger partial charge is 0.481 e. The van der Waals surface area contributed by atoms with Crippen molar-refractivity contribution < 1.29 is 39.2 Å². The third kappa shape index (κ3) is 7.66. The molecule has 0 aliphatic heterocycles. The molecule has 0 heterocycles. The predicted molar refractivity (Wildman–Crippen MR) is 133 cm³/mol. The number of aliphatic carboxylic acids is 3. The van der Waals surface area contributed by atoms with Crippen molar-refractivity contribution >= 4 is 24.3 Å². The van der Waals surface area contributed by atoms with Crippen LogP contribution in [0.3, 0.4) is 0 Å². The highest BCUT2D eigenvalue weighted by Gasteiger charge is 2.53. The van der Waals surface area contributed by atoms with Gasteiger partial charge in [0.2, 0.25) is 6.41 Å². The maximum Gasteiger partial charge on any atom is 0.308 e. The van der Waals surface area contributed by atoms with Crippen molar-refractivity contribution in [3.63, 3.8) is 0 Å². The van der Waals surface area contributed by atoms with Crippen LogP contribution in [-0.4, -0.2) is 44.5 Å². The smallest absolute Gasteiger partial charge is 0.308 e. The van der Waals surface area contributed by atoms with E-state index >= 15 is 0 Å². The maximum absolute atomic E-state index is 11.3. The zero-order valence-electron chi connectivity index (χ0n) is 19.8. The summed E-state index contributed by atoms with van der Waals surface area (Å²) in [5.41, 5.74) is 2.19. The van der Waals surface area contributed by atoms with Gasteiger partial charge in [0.25, 0.3) is 0 Å². The van der Waals surface area contributed by atoms with E-state index in [1.54, 1.807) is 4.90 Å². The zero-order chi connectivity index (χ0) is 26.8. The van der Waals surface area contributed by atoms with Gasteiger partial charge in [-0.15, -0.1) is 0 Å². The van der Waals surface area contributed by atoms with Crippen molar-refractivity contribution in [1.82, 2.24) is 4.90 Å². The molecule has 1 fully saturated rings. The van der Waals surface area contributed by atoms with Crippen molar-refractivity contribution in [3.8, 4) is 11.5 Å². The Kier molecular flexibility index (Phi) is 9.37. The van der Waals surface area contributed by atoms with Crippen LogP contribution in [0.2, 0.25) is 0 Å². The van der Waals surface area contributed by atoms with Crippen LogP contribution in [0.25, 0.3) is 0 Å². The van der Waals surface area contributed by atoms with Crippen LogP contribution in [0.1, 0.15) is 17.5 Å². The number of amides is 1. The molecule has 1 aliphatic rings. The molecule has 2 unspecified atom stereocenters. The highest BCUT2D eigenvalue weighted by Crippen LogP contribution is 2.41. The molecule has 9 heteroatoms. The fourth-order valence-electron chi connectivity index (χ4n) is 3.97. The Balaban J connectivity index is 0.000000248. The molecule has 37 heavy (non-hydrogen) atoms. The average molecular weight is 506 g/mol. The Hall–Kier alpha value is -4.66. The van der Waals surface area contributed by atoms with Crippen molar-refractivity contribution in [3.05, 3.63) is 96.1 Å². The van der Waals surface area contributed by atoms with Crippen molar-refractivity contribution in [2.45, 2.75) is 19.5 Å². The molecule has 1 aliphatic carbocycles. The third-order valence-electron chi connectivity index (χ3n) is 5.96. The average Bonchev–Trinajstić information content (AvgIpc) is 2.85. The number of ether oxygens (including phenoxy) is 1. The number of rotatable bonds is 10. The lowest BCUT2D eigenvalue weighted by Gasteiger charge is -2.36. The first-order valence-electron chi connectivity index (χ1n) is 11.5. The summed E-state index contributed by atoms with van der Waals surface area (Å²) in [6, 6.07) is 27.5. The fourth-order valence-corrected chi connectivity index (χ4v) is 3.97. The minimum absolute atomic E-state index is 0.0956. The van der Waals surface area contributed by atoms with Crippen LogP contribution in [-0.2, 0) is 32.3 Å². The van der Waals surface area contributed by atoms with E-state index in [2.05, 4.69) is 0 Å². The van der Waals surface area contributed by atoms with E-state index in [1.807, 2.05) is 84.9 Å². The Morgan fingerprint density at radius 3 is 1.62 bits per heavy atom. The molecule has 1 amide bonds. The number of carboxylic acids is 3. The van der Waals surface area contributed by atoms with Crippen molar-refractivity contribution in [1.29, 1.82) is 0 Å². The van der Waals surface area contributed by atoms with E-state index < -0.39 is 35.7 Å². The van der Waals surface area contributed by atoms with Crippen molar-refractivity contribution in [2.75, 3.05) is 0 Å². The van der Waals surface area contributed by atoms with Gasteiger partial charge >= 0.3 is 17.9 Å². The summed E-state index contributed by atoms with van der Waals surface area (Å²) in [4.78, 5) is 44.4. The lowest BCUT2D eigenvalue weighted by atomic mass is 9.64. The summed E-state index contributed by atoms with van der Waals surface area (Å²) in [6.07, 6.45) is 0.795. The first-order valence-corrected chi connectivity index (χ1v) is 11.5. The summed E-state index contributed by atoms with van der Waals surface area (Å²) in [6.45, 7) is 1.18. The second-order valence-corrected chi connectivity index (χ2v) is 8.54. The van der Waals surface area contributed by atoms with Gasteiger partial charge in [-0.2, -0.15) is 0 Å². The molecule has 0 radical (unpaired) electrons. The molecule has 3 N–H and O–H groups in total. The number of benzene rings is 3. The standard InChI is InChI=1S/C21H19NO2.C7H8O6/c23-17-22(15-18-7-3-1-4-8-18)16-19-11-13-21(14-12-19)24-20-9-5-2-6-10-20;8-5(9)2-1-3(6(10)11)4(2)7(12)13/h1-14,17H,15-16H2;2-4H,1H2,(H,8,9)(H,10,11)(H,12,13). The highest BCUT2D eigenvalue weighted by atomic mass is 16.5. The molecule has 1 saturated carbocycles. The van der Waals surface area contributed by atoms with Crippen LogP contribution in [0, 0.1) is 17.8 Å². The number of carboxylic acid groups (broad SMARTS) is 3. The molecule has 0 spiro atoms. The van der Waals surface area contributed by atoms with Gasteiger partial charge in [0, 0.05) is 13.1 Å². The number of carbonyl (C=O) groups is 4. The maximum atomic E-state index is 11.3. The SMILES string of the molecule is O=C(O)C1CC(C(=O)O)C1C(=O)O.O=CN(Cc1ccccc1)Cc1ccc(Oc2ccccc2)cc1. The minimum Gasteiger partial charge on any atom is -0.481 e. The molecular formula is C28H27NO8. The summed E-state index contributed by atoms with van der Waals surface area (Å²) in [5.74, 6) is -5.65. The number of nitrogens with zero attached hydrogens (tertiary/aromatic N) is 1. The number of hydrogen-bond acceptors (Lipinski definition) is 5. The monoisotopic (exact) mass is 505 g/mol. The second kappa shape index (κ2) is 12.9. The van der Waals surface area contributed by atoms with E-state index in [9.17, 15) is 19.2 Å². The molecule has 9 nitrogen and oxygen atoms in total. The summed E-state index contributed by atoms with van der Waals surface area (Å²) in [7, 11) is 0. The van der Waals surface area contributed by atoms with Gasteiger partial charge < -0.3 is 25.0 Å². The normalized spacial score (nSPS) is 17.8. The van der Waals surface area contributed by atoms with E-state index in [0.717, 1.165) is 29.0 Å². The zero-order valence-corrected chi connectivity index (χ0v) is 19.8. The fraction of sp³-hybridized carbons (Fsp3) is 0.214. The van der Waals surface area contributed by atoms with Gasteiger partial charge in [0.1, 0.15) is 11.5 Å². The van der Waals surface area contributed by atoms with Crippen LogP contribution < -0.4 is 4.74 Å². The van der Waals surface area contributed by atoms with Crippen molar-refractivity contribution in [2.24, 2.45) is 17.8 Å². The molecule has 0 aromatic heterocycles. The van der Waals surface area contributed by atoms with Gasteiger partial charge in [-0.05, 0) is 41.8 Å². The van der Waals surface area contributed by atoms with E-state index in [4.69, 9.17) is 20.1 Å². The molecule has 3 aromatic rings. The summed E-state index contributed by atoms with van der Waals surface area (Å²) >= 11 is 0. The van der Waals surface area contributed by atoms with Crippen LogP contribution in [0.4, 0.5) is 0 Å². The van der Waals surface area contributed by atoms with E-state index in [0.29, 0.717) is 13.1 Å². The molecule has 0 bridgehead atoms. The Morgan fingerprint density at radius 2 is 1.16 bits per heavy atom. The quantitative estimate of drug-likeness (QED) is 0.349. The van der Waals surface area contributed by atoms with Gasteiger partial charge in [0.05, 0.1) is 17.8 Å². The number of para-hydroxylation sites is 1. The highest BCUT2D eigenvalue weighted by molar-refractivity contribution is 5.88. The Bertz CT molecular complexity index is 1180. The molecule has 3 aromatic carbocycles. The Morgan fingerprint density at radius 1 is 0.703 bits per heavy atom. The van der Waals surface area contributed by atoms with Crippen LogP contribution in [0.5, 0.6) is 11.5 Å². The molecule has 2 atom stereocenters. The summed E-state index contributed by atoms with van der Waals surface area (Å²) < 4.78 is 5.78. The van der Waals surface area contributed by atoms with Gasteiger partial charge in [0.15, 0.2) is 0 Å². The van der Waals surface area contributed by atoms with Crippen LogP contribution >= 0.6 is 0 Å². The minimum atomic E-state index is -1.36. The topological polar surface area (TPSA) is 141 Å². The molecular weight excluding hydrogens is 478 g/mol. The number of carbonyl (C=O) groups excluding carboxylic acids is 1. The van der Waals surface area contributed by atoms with Gasteiger partial charge in [-0.25, -0.2) is 0 Å². The first-order chi connectivity index (χ1) is 17.8. The predicted octanol–water partition coefficient (Wildman–Crippen LogP) is 4.13.